The van der Waals surface area contributed by atoms with Crippen LogP contribution in [0, 0.1) is 6.92 Å². The van der Waals surface area contributed by atoms with Crippen molar-refractivity contribution in [2.45, 2.75) is 26.4 Å². The Morgan fingerprint density at radius 2 is 2.06 bits per heavy atom. The minimum atomic E-state index is -0.962. The van der Waals surface area contributed by atoms with Crippen molar-refractivity contribution in [2.24, 2.45) is 0 Å². The maximum atomic E-state index is 11.6. The molecule has 4 nitrogen and oxygen atoms in total. The Kier molecular flexibility index (Phi) is 3.55. The first-order valence-electron chi connectivity index (χ1n) is 5.10. The third-order valence-electron chi connectivity index (χ3n) is 2.08. The van der Waals surface area contributed by atoms with E-state index in [1.165, 1.54) is 6.07 Å². The highest BCUT2D eigenvalue weighted by Gasteiger charge is 2.16. The van der Waals surface area contributed by atoms with Gasteiger partial charge in [-0.25, -0.2) is 0 Å². The fourth-order valence-electron chi connectivity index (χ4n) is 1.23. The van der Waals surface area contributed by atoms with Gasteiger partial charge >= 0.3 is 0 Å². The van der Waals surface area contributed by atoms with Gasteiger partial charge < -0.3 is 15.5 Å². The fraction of sp³-hybridized carbons (Fsp3) is 0.417. The van der Waals surface area contributed by atoms with Crippen LogP contribution >= 0.6 is 0 Å². The first-order valence-corrected chi connectivity index (χ1v) is 5.10. The van der Waals surface area contributed by atoms with Gasteiger partial charge in [-0.05, 0) is 38.5 Å². The van der Waals surface area contributed by atoms with E-state index in [1.807, 2.05) is 6.92 Å². The number of phenolic OH excluding ortho intramolecular Hbond substituents is 1. The van der Waals surface area contributed by atoms with Crippen molar-refractivity contribution in [1.82, 2.24) is 5.32 Å². The van der Waals surface area contributed by atoms with Crippen LogP contribution in [0.25, 0.3) is 0 Å². The molecule has 0 fully saturated rings. The van der Waals surface area contributed by atoms with Crippen molar-refractivity contribution in [1.29, 1.82) is 0 Å². The maximum absolute atomic E-state index is 11.6. The SMILES string of the molecule is Cc1ccc(C(=O)NCC(C)(C)O)c(O)c1. The lowest BCUT2D eigenvalue weighted by atomic mass is 10.1. The number of hydrogen-bond donors (Lipinski definition) is 3. The van der Waals surface area contributed by atoms with E-state index in [9.17, 15) is 15.0 Å². The molecule has 0 aliphatic rings. The van der Waals surface area contributed by atoms with E-state index in [0.29, 0.717) is 0 Å². The lowest BCUT2D eigenvalue weighted by Gasteiger charge is -2.17. The summed E-state index contributed by atoms with van der Waals surface area (Å²) in [5.74, 6) is -0.437. The molecule has 0 heterocycles. The summed E-state index contributed by atoms with van der Waals surface area (Å²) in [5, 5.41) is 21.6. The molecule has 1 aromatic carbocycles. The summed E-state index contributed by atoms with van der Waals surface area (Å²) in [5.41, 5.74) is 0.141. The van der Waals surface area contributed by atoms with Gasteiger partial charge in [-0.15, -0.1) is 0 Å². The van der Waals surface area contributed by atoms with E-state index in [0.717, 1.165) is 5.56 Å². The molecule has 1 aromatic rings. The average Bonchev–Trinajstić information content (AvgIpc) is 2.13. The highest BCUT2D eigenvalue weighted by Crippen LogP contribution is 2.18. The molecule has 0 aliphatic heterocycles. The summed E-state index contributed by atoms with van der Waals surface area (Å²) in [6.07, 6.45) is 0. The number of rotatable bonds is 3. The number of benzene rings is 1. The summed E-state index contributed by atoms with van der Waals surface area (Å²) in [6, 6.07) is 4.84. The van der Waals surface area contributed by atoms with Gasteiger partial charge in [0.1, 0.15) is 5.75 Å². The smallest absolute Gasteiger partial charge is 0.255 e. The molecule has 16 heavy (non-hydrogen) atoms. The standard InChI is InChI=1S/C12H17NO3/c1-8-4-5-9(10(14)6-8)11(15)13-7-12(2,3)16/h4-6,14,16H,7H2,1-3H3,(H,13,15). The highest BCUT2D eigenvalue weighted by molar-refractivity contribution is 5.96. The Morgan fingerprint density at radius 3 is 2.56 bits per heavy atom. The van der Waals surface area contributed by atoms with Crippen molar-refractivity contribution in [3.05, 3.63) is 29.3 Å². The second kappa shape index (κ2) is 4.53. The number of carbonyl (C=O) groups is 1. The molecule has 1 rings (SSSR count). The minimum Gasteiger partial charge on any atom is -0.507 e. The number of aryl methyl sites for hydroxylation is 1. The lowest BCUT2D eigenvalue weighted by Crippen LogP contribution is -2.38. The van der Waals surface area contributed by atoms with Gasteiger partial charge in [0.15, 0.2) is 0 Å². The average molecular weight is 223 g/mol. The van der Waals surface area contributed by atoms with Gasteiger partial charge in [0.25, 0.3) is 5.91 Å². The van der Waals surface area contributed by atoms with Crippen LogP contribution in [0.1, 0.15) is 29.8 Å². The molecule has 88 valence electrons. The Labute approximate surface area is 94.9 Å². The molecule has 0 radical (unpaired) electrons. The van der Waals surface area contributed by atoms with Gasteiger partial charge in [0.05, 0.1) is 11.2 Å². The van der Waals surface area contributed by atoms with Crippen molar-refractivity contribution in [2.75, 3.05) is 6.54 Å². The summed E-state index contributed by atoms with van der Waals surface area (Å²) in [7, 11) is 0. The predicted molar refractivity (Wildman–Crippen MR) is 61.5 cm³/mol. The summed E-state index contributed by atoms with van der Waals surface area (Å²) >= 11 is 0. The van der Waals surface area contributed by atoms with Crippen LogP contribution in [0.5, 0.6) is 5.75 Å². The van der Waals surface area contributed by atoms with Gasteiger partial charge in [-0.3, -0.25) is 4.79 Å². The molecule has 1 amide bonds. The second-order valence-corrected chi connectivity index (χ2v) is 4.52. The number of phenols is 1. The van der Waals surface area contributed by atoms with Crippen LogP contribution < -0.4 is 5.32 Å². The topological polar surface area (TPSA) is 69.6 Å². The van der Waals surface area contributed by atoms with E-state index in [4.69, 9.17) is 0 Å². The number of nitrogens with one attached hydrogen (secondary N) is 1. The van der Waals surface area contributed by atoms with Gasteiger partial charge in [0, 0.05) is 6.54 Å². The normalized spacial score (nSPS) is 11.2. The minimum absolute atomic E-state index is 0.0479. The number of hydrogen-bond acceptors (Lipinski definition) is 3. The molecule has 4 heteroatoms. The Balaban J connectivity index is 2.74. The van der Waals surface area contributed by atoms with Crippen LogP contribution in [0.4, 0.5) is 0 Å². The first kappa shape index (κ1) is 12.5. The van der Waals surface area contributed by atoms with E-state index in [2.05, 4.69) is 5.32 Å². The number of carbonyl (C=O) groups excluding carboxylic acids is 1. The second-order valence-electron chi connectivity index (χ2n) is 4.52. The van der Waals surface area contributed by atoms with Crippen molar-refractivity contribution < 1.29 is 15.0 Å². The Hall–Kier alpha value is -1.55. The molecule has 0 atom stereocenters. The lowest BCUT2D eigenvalue weighted by molar-refractivity contribution is 0.0693. The zero-order valence-electron chi connectivity index (χ0n) is 9.74. The van der Waals surface area contributed by atoms with Crippen molar-refractivity contribution in [3.8, 4) is 5.75 Å². The van der Waals surface area contributed by atoms with E-state index < -0.39 is 5.60 Å². The molecule has 0 saturated heterocycles. The summed E-state index contributed by atoms with van der Waals surface area (Å²) in [4.78, 5) is 11.6. The number of aliphatic hydroxyl groups is 1. The molecule has 0 aliphatic carbocycles. The number of aromatic hydroxyl groups is 1. The van der Waals surface area contributed by atoms with Crippen LogP contribution in [0.15, 0.2) is 18.2 Å². The predicted octanol–water partition coefficient (Wildman–Crippen LogP) is 1.20. The van der Waals surface area contributed by atoms with Crippen molar-refractivity contribution >= 4 is 5.91 Å². The zero-order valence-corrected chi connectivity index (χ0v) is 9.74. The highest BCUT2D eigenvalue weighted by atomic mass is 16.3. The number of amides is 1. The van der Waals surface area contributed by atoms with E-state index >= 15 is 0 Å². The van der Waals surface area contributed by atoms with Crippen LogP contribution in [0.2, 0.25) is 0 Å². The van der Waals surface area contributed by atoms with Gasteiger partial charge in [-0.2, -0.15) is 0 Å². The zero-order chi connectivity index (χ0) is 12.3. The van der Waals surface area contributed by atoms with Gasteiger partial charge in [-0.1, -0.05) is 6.07 Å². The fourth-order valence-corrected chi connectivity index (χ4v) is 1.23. The summed E-state index contributed by atoms with van der Waals surface area (Å²) in [6.45, 7) is 5.17. The van der Waals surface area contributed by atoms with Gasteiger partial charge in [0.2, 0.25) is 0 Å². The van der Waals surface area contributed by atoms with E-state index in [1.54, 1.807) is 26.0 Å². The van der Waals surface area contributed by atoms with E-state index in [-0.39, 0.29) is 23.8 Å². The Bertz CT molecular complexity index is 394. The molecule has 0 aromatic heterocycles. The molecule has 0 bridgehead atoms. The third kappa shape index (κ3) is 3.55. The molecular formula is C12H17NO3. The molecule has 0 spiro atoms. The van der Waals surface area contributed by atoms with Crippen LogP contribution in [-0.4, -0.2) is 28.3 Å². The molecule has 3 N–H and O–H groups in total. The molecular weight excluding hydrogens is 206 g/mol. The summed E-state index contributed by atoms with van der Waals surface area (Å²) < 4.78 is 0. The quantitative estimate of drug-likeness (QED) is 0.721. The van der Waals surface area contributed by atoms with Crippen LogP contribution in [-0.2, 0) is 0 Å². The largest absolute Gasteiger partial charge is 0.507 e. The Morgan fingerprint density at radius 1 is 1.44 bits per heavy atom. The van der Waals surface area contributed by atoms with Crippen molar-refractivity contribution in [3.63, 3.8) is 0 Å². The maximum Gasteiger partial charge on any atom is 0.255 e. The molecule has 0 saturated carbocycles. The third-order valence-corrected chi connectivity index (χ3v) is 2.08. The monoisotopic (exact) mass is 223 g/mol. The molecule has 0 unspecified atom stereocenters. The first-order chi connectivity index (χ1) is 7.29. The van der Waals surface area contributed by atoms with Crippen LogP contribution in [0.3, 0.4) is 0 Å².